The smallest absolute Gasteiger partial charge is 0.142 e. The Balaban J connectivity index is 0.00000208. The molecule has 0 saturated carbocycles. The number of hydrogen-bond donors (Lipinski definition) is 2. The number of nitrogens with one attached hydrogen (secondary N) is 2. The molecular weight excluding hydrogens is 322 g/mol. The third kappa shape index (κ3) is 4.34. The fraction of sp³-hybridized carbons (Fsp3) is 0.368. The third-order valence-corrected chi connectivity index (χ3v) is 4.32. The number of benzene rings is 2. The van der Waals surface area contributed by atoms with E-state index >= 15 is 0 Å². The largest absolute Gasteiger partial charge is 0.495 e. The van der Waals surface area contributed by atoms with Crippen LogP contribution in [-0.4, -0.2) is 33.3 Å². The summed E-state index contributed by atoms with van der Waals surface area (Å²) in [6.45, 7) is 6.23. The number of halogens is 1. The Labute approximate surface area is 150 Å². The second-order valence-corrected chi connectivity index (χ2v) is 5.90. The van der Waals surface area contributed by atoms with Crippen molar-refractivity contribution in [3.05, 3.63) is 54.1 Å². The Kier molecular flexibility index (Phi) is 6.76. The lowest BCUT2D eigenvalue weighted by Gasteiger charge is -2.31. The van der Waals surface area contributed by atoms with E-state index in [2.05, 4.69) is 64.9 Å². The van der Waals surface area contributed by atoms with E-state index < -0.39 is 0 Å². The van der Waals surface area contributed by atoms with Crippen molar-refractivity contribution in [3.8, 4) is 5.75 Å². The molecule has 4 nitrogen and oxygen atoms in total. The molecule has 1 aliphatic rings. The molecule has 1 unspecified atom stereocenters. The molecule has 0 amide bonds. The zero-order valence-electron chi connectivity index (χ0n) is 14.3. The number of piperazine rings is 1. The number of ether oxygens (including phenoxy) is 1. The summed E-state index contributed by atoms with van der Waals surface area (Å²) in [5.74, 6) is 0.935. The first kappa shape index (κ1) is 18.4. The molecule has 0 bridgehead atoms. The van der Waals surface area contributed by atoms with Crippen LogP contribution in [0.25, 0.3) is 0 Å². The molecule has 0 aliphatic carbocycles. The SMILES string of the molecule is COc1ccc(NC(C)c2ccccc2)cc1N1CCNCC1.Cl. The van der Waals surface area contributed by atoms with Crippen LogP contribution in [0.1, 0.15) is 18.5 Å². The molecule has 24 heavy (non-hydrogen) atoms. The van der Waals surface area contributed by atoms with Crippen molar-refractivity contribution in [2.45, 2.75) is 13.0 Å². The van der Waals surface area contributed by atoms with Gasteiger partial charge < -0.3 is 20.3 Å². The van der Waals surface area contributed by atoms with Crippen LogP contribution in [0.3, 0.4) is 0 Å². The first-order valence-electron chi connectivity index (χ1n) is 8.23. The molecule has 2 aromatic rings. The molecule has 2 aromatic carbocycles. The van der Waals surface area contributed by atoms with Crippen LogP contribution in [0.4, 0.5) is 11.4 Å². The highest BCUT2D eigenvalue weighted by Gasteiger charge is 2.16. The van der Waals surface area contributed by atoms with E-state index in [0.29, 0.717) is 0 Å². The minimum atomic E-state index is 0. The maximum Gasteiger partial charge on any atom is 0.142 e. The van der Waals surface area contributed by atoms with E-state index in [-0.39, 0.29) is 18.4 Å². The van der Waals surface area contributed by atoms with Crippen LogP contribution >= 0.6 is 12.4 Å². The summed E-state index contributed by atoms with van der Waals surface area (Å²) in [5.41, 5.74) is 3.57. The normalized spacial score (nSPS) is 15.3. The molecule has 1 aliphatic heterocycles. The minimum absolute atomic E-state index is 0. The lowest BCUT2D eigenvalue weighted by atomic mass is 10.1. The van der Waals surface area contributed by atoms with Crippen molar-refractivity contribution in [1.82, 2.24) is 5.32 Å². The highest BCUT2D eigenvalue weighted by molar-refractivity contribution is 5.85. The molecule has 2 N–H and O–H groups in total. The van der Waals surface area contributed by atoms with Gasteiger partial charge in [-0.25, -0.2) is 0 Å². The molecule has 5 heteroatoms. The Hall–Kier alpha value is -1.91. The Morgan fingerprint density at radius 2 is 1.79 bits per heavy atom. The topological polar surface area (TPSA) is 36.5 Å². The van der Waals surface area contributed by atoms with Crippen LogP contribution in [0.2, 0.25) is 0 Å². The van der Waals surface area contributed by atoms with Crippen LogP contribution < -0.4 is 20.3 Å². The monoisotopic (exact) mass is 347 g/mol. The number of anilines is 2. The molecule has 130 valence electrons. The van der Waals surface area contributed by atoms with Crippen LogP contribution in [0.5, 0.6) is 5.75 Å². The van der Waals surface area contributed by atoms with Gasteiger partial charge in [0.05, 0.1) is 12.8 Å². The van der Waals surface area contributed by atoms with Crippen molar-refractivity contribution in [2.75, 3.05) is 43.5 Å². The van der Waals surface area contributed by atoms with E-state index in [1.807, 2.05) is 6.07 Å². The van der Waals surface area contributed by atoms with Gasteiger partial charge in [0.15, 0.2) is 0 Å². The van der Waals surface area contributed by atoms with Crippen molar-refractivity contribution in [2.24, 2.45) is 0 Å². The summed E-state index contributed by atoms with van der Waals surface area (Å²) < 4.78 is 5.55. The second-order valence-electron chi connectivity index (χ2n) is 5.90. The summed E-state index contributed by atoms with van der Waals surface area (Å²) >= 11 is 0. The van der Waals surface area contributed by atoms with Crippen molar-refractivity contribution >= 4 is 23.8 Å². The Morgan fingerprint density at radius 1 is 1.08 bits per heavy atom. The number of hydrogen-bond acceptors (Lipinski definition) is 4. The van der Waals surface area contributed by atoms with E-state index in [1.165, 1.54) is 11.3 Å². The molecule has 1 atom stereocenters. The van der Waals surface area contributed by atoms with E-state index in [4.69, 9.17) is 4.74 Å². The van der Waals surface area contributed by atoms with Gasteiger partial charge in [-0.1, -0.05) is 30.3 Å². The molecule has 0 aromatic heterocycles. The summed E-state index contributed by atoms with van der Waals surface area (Å²) in [4.78, 5) is 2.38. The fourth-order valence-corrected chi connectivity index (χ4v) is 3.01. The van der Waals surface area contributed by atoms with Gasteiger partial charge in [0, 0.05) is 37.9 Å². The minimum Gasteiger partial charge on any atom is -0.495 e. The van der Waals surface area contributed by atoms with Gasteiger partial charge >= 0.3 is 0 Å². The Morgan fingerprint density at radius 3 is 2.46 bits per heavy atom. The molecular formula is C19H26ClN3O. The standard InChI is InChI=1S/C19H25N3O.ClH/c1-15(16-6-4-3-5-7-16)21-17-8-9-19(23-2)18(14-17)22-12-10-20-11-13-22;/h3-9,14-15,20-21H,10-13H2,1-2H3;1H. The van der Waals surface area contributed by atoms with Crippen molar-refractivity contribution in [1.29, 1.82) is 0 Å². The maximum atomic E-state index is 5.55. The second kappa shape index (κ2) is 8.81. The van der Waals surface area contributed by atoms with E-state index in [9.17, 15) is 0 Å². The van der Waals surface area contributed by atoms with Crippen molar-refractivity contribution < 1.29 is 4.74 Å². The van der Waals surface area contributed by atoms with Gasteiger partial charge in [0.25, 0.3) is 0 Å². The first-order chi connectivity index (χ1) is 11.3. The molecule has 3 rings (SSSR count). The zero-order chi connectivity index (χ0) is 16.1. The van der Waals surface area contributed by atoms with Gasteiger partial charge in [0.2, 0.25) is 0 Å². The van der Waals surface area contributed by atoms with Crippen LogP contribution in [-0.2, 0) is 0 Å². The van der Waals surface area contributed by atoms with Gasteiger partial charge in [-0.05, 0) is 30.7 Å². The van der Waals surface area contributed by atoms with Crippen molar-refractivity contribution in [3.63, 3.8) is 0 Å². The van der Waals surface area contributed by atoms with Gasteiger partial charge in [-0.3, -0.25) is 0 Å². The molecule has 0 spiro atoms. The molecule has 1 fully saturated rings. The lowest BCUT2D eigenvalue weighted by molar-refractivity contribution is 0.413. The first-order valence-corrected chi connectivity index (χ1v) is 8.23. The maximum absolute atomic E-state index is 5.55. The summed E-state index contributed by atoms with van der Waals surface area (Å²) in [5, 5.41) is 6.98. The summed E-state index contributed by atoms with van der Waals surface area (Å²) in [6.07, 6.45) is 0. The van der Waals surface area contributed by atoms with Crippen LogP contribution in [0.15, 0.2) is 48.5 Å². The van der Waals surface area contributed by atoms with Crippen LogP contribution in [0, 0.1) is 0 Å². The number of nitrogens with zero attached hydrogens (tertiary/aromatic N) is 1. The predicted molar refractivity (Wildman–Crippen MR) is 104 cm³/mol. The molecule has 1 saturated heterocycles. The summed E-state index contributed by atoms with van der Waals surface area (Å²) in [7, 11) is 1.74. The lowest BCUT2D eigenvalue weighted by Crippen LogP contribution is -2.43. The quantitative estimate of drug-likeness (QED) is 0.864. The van der Waals surface area contributed by atoms with Gasteiger partial charge in [0.1, 0.15) is 5.75 Å². The van der Waals surface area contributed by atoms with Gasteiger partial charge in [-0.2, -0.15) is 0 Å². The average molecular weight is 348 g/mol. The zero-order valence-corrected chi connectivity index (χ0v) is 15.1. The summed E-state index contributed by atoms with van der Waals surface area (Å²) in [6, 6.07) is 17.1. The number of rotatable bonds is 5. The number of methoxy groups -OCH3 is 1. The highest BCUT2D eigenvalue weighted by atomic mass is 35.5. The molecule has 0 radical (unpaired) electrons. The Bertz CT molecular complexity index is 630. The third-order valence-electron chi connectivity index (χ3n) is 4.32. The highest BCUT2D eigenvalue weighted by Crippen LogP contribution is 2.32. The van der Waals surface area contributed by atoms with E-state index in [1.54, 1.807) is 7.11 Å². The molecule has 1 heterocycles. The fourth-order valence-electron chi connectivity index (χ4n) is 3.01. The average Bonchev–Trinajstić information content (AvgIpc) is 2.63. The van der Waals surface area contributed by atoms with Gasteiger partial charge in [-0.15, -0.1) is 12.4 Å². The van der Waals surface area contributed by atoms with E-state index in [0.717, 1.165) is 37.6 Å². The predicted octanol–water partition coefficient (Wildman–Crippen LogP) is 3.70.